The monoisotopic (exact) mass is 398 g/mol. The SMILES string of the molecule is CC1C=CC2=C(C1)C1(c3ccccc3Sc3ccccc31)c1ccc(Cl)cc12. The summed E-state index contributed by atoms with van der Waals surface area (Å²) in [7, 11) is 0. The maximum absolute atomic E-state index is 6.46. The summed E-state index contributed by atoms with van der Waals surface area (Å²) in [5.41, 5.74) is 8.17. The molecule has 2 aliphatic carbocycles. The number of hydrogen-bond acceptors (Lipinski definition) is 1. The van der Waals surface area contributed by atoms with Gasteiger partial charge in [0.2, 0.25) is 0 Å². The second kappa shape index (κ2) is 5.89. The van der Waals surface area contributed by atoms with Gasteiger partial charge >= 0.3 is 0 Å². The highest BCUT2D eigenvalue weighted by Crippen LogP contribution is 2.63. The average molecular weight is 399 g/mol. The molecule has 3 aliphatic rings. The summed E-state index contributed by atoms with van der Waals surface area (Å²) in [6.45, 7) is 2.32. The van der Waals surface area contributed by atoms with Crippen LogP contribution in [0.1, 0.15) is 35.6 Å². The highest BCUT2D eigenvalue weighted by atomic mass is 35.5. The number of hydrogen-bond donors (Lipinski definition) is 0. The van der Waals surface area contributed by atoms with Crippen molar-refractivity contribution in [3.8, 4) is 0 Å². The zero-order valence-electron chi connectivity index (χ0n) is 15.6. The molecule has 1 unspecified atom stereocenters. The van der Waals surface area contributed by atoms with Gasteiger partial charge in [0.05, 0.1) is 5.41 Å². The molecular weight excluding hydrogens is 380 g/mol. The van der Waals surface area contributed by atoms with Crippen molar-refractivity contribution in [2.75, 3.05) is 0 Å². The van der Waals surface area contributed by atoms with Crippen LogP contribution in [0.2, 0.25) is 5.02 Å². The van der Waals surface area contributed by atoms with Gasteiger partial charge in [-0.25, -0.2) is 0 Å². The largest absolute Gasteiger partial charge is 0.0894 e. The molecule has 0 radical (unpaired) electrons. The Morgan fingerprint density at radius 1 is 0.893 bits per heavy atom. The van der Waals surface area contributed by atoms with Crippen LogP contribution in [-0.4, -0.2) is 0 Å². The zero-order valence-corrected chi connectivity index (χ0v) is 17.1. The number of rotatable bonds is 0. The molecule has 3 aromatic carbocycles. The second-order valence-electron chi connectivity index (χ2n) is 7.97. The maximum atomic E-state index is 6.46. The Kier molecular flexibility index (Phi) is 3.51. The summed E-state index contributed by atoms with van der Waals surface area (Å²) in [6, 6.07) is 24.4. The summed E-state index contributed by atoms with van der Waals surface area (Å²) in [4.78, 5) is 2.72. The van der Waals surface area contributed by atoms with Crippen molar-refractivity contribution in [3.05, 3.63) is 112 Å². The molecule has 0 bridgehead atoms. The third-order valence-corrected chi connectivity index (χ3v) is 7.76. The Hall–Kier alpha value is -2.22. The summed E-state index contributed by atoms with van der Waals surface area (Å²) >= 11 is 8.35. The highest BCUT2D eigenvalue weighted by Gasteiger charge is 2.51. The fourth-order valence-corrected chi connectivity index (χ4v) is 6.67. The maximum Gasteiger partial charge on any atom is 0.0698 e. The molecule has 0 nitrogen and oxygen atoms in total. The van der Waals surface area contributed by atoms with Gasteiger partial charge < -0.3 is 0 Å². The minimum atomic E-state index is -0.216. The van der Waals surface area contributed by atoms with E-state index in [4.69, 9.17) is 11.6 Å². The fraction of sp³-hybridized carbons (Fsp3) is 0.154. The van der Waals surface area contributed by atoms with Crippen LogP contribution in [0.15, 0.2) is 94.2 Å². The number of benzene rings is 3. The van der Waals surface area contributed by atoms with E-state index in [-0.39, 0.29) is 5.41 Å². The third kappa shape index (κ3) is 2.04. The van der Waals surface area contributed by atoms with E-state index in [9.17, 15) is 0 Å². The van der Waals surface area contributed by atoms with E-state index in [2.05, 4.69) is 85.8 Å². The van der Waals surface area contributed by atoms with E-state index >= 15 is 0 Å². The number of halogens is 1. The Bertz CT molecular complexity index is 1160. The molecular formula is C26H19ClS. The second-order valence-corrected chi connectivity index (χ2v) is 9.49. The molecule has 3 aromatic rings. The first-order valence-electron chi connectivity index (χ1n) is 9.78. The standard InChI is InChI=1S/C26H19ClS/c1-16-10-12-18-19-15-17(27)11-13-20(19)26(23(18)14-16)21-6-2-4-8-24(21)28-25-9-5-3-7-22(25)26/h2-13,15-16H,14H2,1H3. The Balaban J connectivity index is 1.81. The minimum Gasteiger partial charge on any atom is -0.0894 e. The molecule has 0 N–H and O–H groups in total. The van der Waals surface area contributed by atoms with Crippen molar-refractivity contribution in [1.29, 1.82) is 0 Å². The number of allylic oxidation sites excluding steroid dienone is 4. The van der Waals surface area contributed by atoms with Crippen LogP contribution in [-0.2, 0) is 5.41 Å². The van der Waals surface area contributed by atoms with E-state index in [1.807, 2.05) is 11.8 Å². The third-order valence-electron chi connectivity index (χ3n) is 6.37. The predicted molar refractivity (Wildman–Crippen MR) is 118 cm³/mol. The summed E-state index contributed by atoms with van der Waals surface area (Å²) in [5, 5.41) is 0.807. The zero-order chi connectivity index (χ0) is 18.9. The molecule has 0 fully saturated rings. The van der Waals surface area contributed by atoms with Crippen LogP contribution in [0, 0.1) is 5.92 Å². The quantitative estimate of drug-likeness (QED) is 0.377. The molecule has 0 saturated heterocycles. The lowest BCUT2D eigenvalue weighted by Gasteiger charge is -2.42. The van der Waals surface area contributed by atoms with Gasteiger partial charge in [-0.05, 0) is 70.0 Å². The van der Waals surface area contributed by atoms with Crippen LogP contribution in [0.5, 0.6) is 0 Å². The van der Waals surface area contributed by atoms with E-state index < -0.39 is 0 Å². The molecule has 0 saturated carbocycles. The molecule has 1 heterocycles. The Labute approximate surface area is 174 Å². The first-order valence-corrected chi connectivity index (χ1v) is 11.0. The van der Waals surface area contributed by atoms with Gasteiger partial charge in [0, 0.05) is 14.8 Å². The van der Waals surface area contributed by atoms with Gasteiger partial charge in [-0.1, -0.05) is 84.9 Å². The topological polar surface area (TPSA) is 0 Å². The summed E-state index contributed by atoms with van der Waals surface area (Å²) < 4.78 is 0. The normalized spacial score (nSPS) is 20.6. The lowest BCUT2D eigenvalue weighted by Crippen LogP contribution is -2.34. The van der Waals surface area contributed by atoms with Crippen LogP contribution < -0.4 is 0 Å². The van der Waals surface area contributed by atoms with Crippen LogP contribution in [0.4, 0.5) is 0 Å². The molecule has 1 atom stereocenters. The Morgan fingerprint density at radius 2 is 1.57 bits per heavy atom. The van der Waals surface area contributed by atoms with Crippen molar-refractivity contribution in [2.45, 2.75) is 28.6 Å². The van der Waals surface area contributed by atoms with E-state index in [0.717, 1.165) is 11.4 Å². The van der Waals surface area contributed by atoms with Gasteiger partial charge in [0.25, 0.3) is 0 Å². The Morgan fingerprint density at radius 3 is 2.29 bits per heavy atom. The smallest absolute Gasteiger partial charge is 0.0698 e. The summed E-state index contributed by atoms with van der Waals surface area (Å²) in [6.07, 6.45) is 5.75. The van der Waals surface area contributed by atoms with Crippen molar-refractivity contribution < 1.29 is 0 Å². The molecule has 28 heavy (non-hydrogen) atoms. The van der Waals surface area contributed by atoms with Crippen molar-refractivity contribution >= 4 is 28.9 Å². The van der Waals surface area contributed by atoms with E-state index in [1.54, 1.807) is 0 Å². The van der Waals surface area contributed by atoms with Crippen LogP contribution in [0.25, 0.3) is 5.57 Å². The lowest BCUT2D eigenvalue weighted by molar-refractivity contribution is 0.606. The lowest BCUT2D eigenvalue weighted by atomic mass is 9.64. The predicted octanol–water partition coefficient (Wildman–Crippen LogP) is 7.50. The van der Waals surface area contributed by atoms with Crippen LogP contribution >= 0.6 is 23.4 Å². The minimum absolute atomic E-state index is 0.216. The van der Waals surface area contributed by atoms with Gasteiger partial charge in [-0.2, -0.15) is 0 Å². The van der Waals surface area contributed by atoms with E-state index in [1.165, 1.54) is 43.2 Å². The molecule has 136 valence electrons. The van der Waals surface area contributed by atoms with Gasteiger partial charge in [-0.3, -0.25) is 0 Å². The van der Waals surface area contributed by atoms with Crippen molar-refractivity contribution in [2.24, 2.45) is 5.92 Å². The molecule has 0 amide bonds. The van der Waals surface area contributed by atoms with Gasteiger partial charge in [0.1, 0.15) is 0 Å². The van der Waals surface area contributed by atoms with Crippen molar-refractivity contribution in [1.82, 2.24) is 0 Å². The molecule has 1 spiro atoms. The molecule has 6 rings (SSSR count). The first-order chi connectivity index (χ1) is 13.7. The van der Waals surface area contributed by atoms with Crippen molar-refractivity contribution in [3.63, 3.8) is 0 Å². The first kappa shape index (κ1) is 16.7. The van der Waals surface area contributed by atoms with Gasteiger partial charge in [0.15, 0.2) is 0 Å². The average Bonchev–Trinajstić information content (AvgIpc) is 2.98. The molecule has 2 heteroatoms. The van der Waals surface area contributed by atoms with Crippen LogP contribution in [0.3, 0.4) is 0 Å². The molecule has 1 aliphatic heterocycles. The summed E-state index contributed by atoms with van der Waals surface area (Å²) in [5.74, 6) is 0.536. The van der Waals surface area contributed by atoms with Gasteiger partial charge in [-0.15, -0.1) is 0 Å². The molecule has 0 aromatic heterocycles. The number of fused-ring (bicyclic) bond motifs is 8. The highest BCUT2D eigenvalue weighted by molar-refractivity contribution is 7.99. The van der Waals surface area contributed by atoms with E-state index in [0.29, 0.717) is 5.92 Å². The fourth-order valence-electron chi connectivity index (χ4n) is 5.31.